The molecule has 0 spiro atoms. The summed E-state index contributed by atoms with van der Waals surface area (Å²) < 4.78 is 18.4. The molecule has 0 atom stereocenters. The lowest BCUT2D eigenvalue weighted by Gasteiger charge is -2.08. The molecule has 0 radical (unpaired) electrons. The van der Waals surface area contributed by atoms with Gasteiger partial charge in [0.1, 0.15) is 17.8 Å². The minimum absolute atomic E-state index is 0.0871. The van der Waals surface area contributed by atoms with Gasteiger partial charge in [0, 0.05) is 12.1 Å². The highest BCUT2D eigenvalue weighted by Crippen LogP contribution is 2.26. The van der Waals surface area contributed by atoms with Gasteiger partial charge in [0.05, 0.1) is 10.5 Å². The van der Waals surface area contributed by atoms with E-state index < -0.39 is 16.6 Å². The van der Waals surface area contributed by atoms with Crippen molar-refractivity contribution in [3.05, 3.63) is 58.0 Å². The highest BCUT2D eigenvalue weighted by Gasteiger charge is 2.17. The number of oxime groups is 1. The zero-order valence-corrected chi connectivity index (χ0v) is 10.4. The van der Waals surface area contributed by atoms with Gasteiger partial charge in [-0.3, -0.25) is 10.1 Å². The van der Waals surface area contributed by atoms with Gasteiger partial charge in [-0.25, -0.2) is 9.37 Å². The first-order chi connectivity index (χ1) is 10.0. The lowest BCUT2D eigenvalue weighted by Crippen LogP contribution is -2.15. The normalized spacial score (nSPS) is 11.2. The van der Waals surface area contributed by atoms with Gasteiger partial charge in [-0.1, -0.05) is 11.2 Å². The number of benzene rings is 1. The third kappa shape index (κ3) is 3.21. The predicted molar refractivity (Wildman–Crippen MR) is 69.9 cm³/mol. The van der Waals surface area contributed by atoms with Crippen LogP contribution >= 0.6 is 0 Å². The van der Waals surface area contributed by atoms with Crippen LogP contribution < -0.4 is 10.5 Å². The summed E-state index contributed by atoms with van der Waals surface area (Å²) in [5.41, 5.74) is 4.99. The van der Waals surface area contributed by atoms with Gasteiger partial charge in [0.2, 0.25) is 5.88 Å². The first kappa shape index (κ1) is 14.2. The summed E-state index contributed by atoms with van der Waals surface area (Å²) in [5.74, 6) is -0.984. The number of halogens is 1. The van der Waals surface area contributed by atoms with Crippen molar-refractivity contribution in [1.29, 1.82) is 0 Å². The van der Waals surface area contributed by atoms with Crippen LogP contribution in [0.1, 0.15) is 5.56 Å². The number of amidine groups is 1. The SMILES string of the molecule is NC(=NO)c1cc([N+](=O)[O-])cnc1Oc1cccc(F)c1. The molecule has 0 bridgehead atoms. The van der Waals surface area contributed by atoms with E-state index in [-0.39, 0.29) is 22.9 Å². The zero-order valence-electron chi connectivity index (χ0n) is 10.4. The van der Waals surface area contributed by atoms with E-state index in [9.17, 15) is 14.5 Å². The number of ether oxygens (including phenoxy) is 1. The molecule has 0 saturated heterocycles. The molecule has 8 nitrogen and oxygen atoms in total. The Bertz CT molecular complexity index is 720. The van der Waals surface area contributed by atoms with Crippen molar-refractivity contribution in [1.82, 2.24) is 4.98 Å². The summed E-state index contributed by atoms with van der Waals surface area (Å²) in [6, 6.07) is 6.23. The van der Waals surface area contributed by atoms with Gasteiger partial charge in [0.25, 0.3) is 5.69 Å². The molecule has 0 saturated carbocycles. The fourth-order valence-electron chi connectivity index (χ4n) is 1.50. The molecule has 0 fully saturated rings. The summed E-state index contributed by atoms with van der Waals surface area (Å²) >= 11 is 0. The second-order valence-electron chi connectivity index (χ2n) is 3.85. The Morgan fingerprint density at radius 1 is 1.48 bits per heavy atom. The molecule has 0 aliphatic rings. The average molecular weight is 292 g/mol. The molecule has 3 N–H and O–H groups in total. The van der Waals surface area contributed by atoms with Crippen LogP contribution in [-0.2, 0) is 0 Å². The Labute approximate surface area is 117 Å². The molecule has 2 aromatic rings. The van der Waals surface area contributed by atoms with Crippen molar-refractivity contribution in [3.8, 4) is 11.6 Å². The number of nitrogens with zero attached hydrogens (tertiary/aromatic N) is 3. The zero-order chi connectivity index (χ0) is 15.4. The molecule has 1 aromatic heterocycles. The summed E-state index contributed by atoms with van der Waals surface area (Å²) in [6.07, 6.45) is 0.947. The van der Waals surface area contributed by atoms with Crippen LogP contribution in [0.2, 0.25) is 0 Å². The van der Waals surface area contributed by atoms with Crippen LogP contribution in [0.5, 0.6) is 11.6 Å². The maximum Gasteiger partial charge on any atom is 0.288 e. The Morgan fingerprint density at radius 2 is 2.24 bits per heavy atom. The largest absolute Gasteiger partial charge is 0.438 e. The third-order valence-electron chi connectivity index (χ3n) is 2.44. The highest BCUT2D eigenvalue weighted by atomic mass is 19.1. The number of rotatable bonds is 4. The van der Waals surface area contributed by atoms with E-state index >= 15 is 0 Å². The Hall–Kier alpha value is -3.23. The van der Waals surface area contributed by atoms with E-state index in [4.69, 9.17) is 15.7 Å². The molecule has 2 rings (SSSR count). The van der Waals surface area contributed by atoms with Crippen LogP contribution in [0, 0.1) is 15.9 Å². The fraction of sp³-hybridized carbons (Fsp3) is 0. The van der Waals surface area contributed by atoms with Crippen molar-refractivity contribution < 1.29 is 19.3 Å². The second-order valence-corrected chi connectivity index (χ2v) is 3.85. The third-order valence-corrected chi connectivity index (χ3v) is 2.44. The van der Waals surface area contributed by atoms with E-state index in [1.165, 1.54) is 18.2 Å². The van der Waals surface area contributed by atoms with E-state index in [0.717, 1.165) is 18.3 Å². The lowest BCUT2D eigenvalue weighted by atomic mass is 10.2. The number of hydrogen-bond donors (Lipinski definition) is 2. The predicted octanol–water partition coefficient (Wildman–Crippen LogP) is 2.02. The molecule has 1 heterocycles. The average Bonchev–Trinajstić information content (AvgIpc) is 2.46. The molecular weight excluding hydrogens is 283 g/mol. The topological polar surface area (TPSA) is 124 Å². The van der Waals surface area contributed by atoms with Gasteiger partial charge >= 0.3 is 0 Å². The first-order valence-electron chi connectivity index (χ1n) is 5.57. The molecule has 0 aliphatic carbocycles. The maximum absolute atomic E-state index is 13.1. The van der Waals surface area contributed by atoms with Gasteiger partial charge in [0.15, 0.2) is 5.84 Å². The molecule has 108 valence electrons. The van der Waals surface area contributed by atoms with Crippen molar-refractivity contribution in [2.24, 2.45) is 10.9 Å². The van der Waals surface area contributed by atoms with Crippen molar-refractivity contribution in [3.63, 3.8) is 0 Å². The summed E-state index contributed by atoms with van der Waals surface area (Å²) in [5, 5.41) is 22.2. The number of nitrogens with two attached hydrogens (primary N) is 1. The summed E-state index contributed by atoms with van der Waals surface area (Å²) in [7, 11) is 0. The highest BCUT2D eigenvalue weighted by molar-refractivity contribution is 5.99. The number of aromatic nitrogens is 1. The van der Waals surface area contributed by atoms with Gasteiger partial charge in [-0.15, -0.1) is 0 Å². The van der Waals surface area contributed by atoms with E-state index in [1.54, 1.807) is 0 Å². The number of nitro groups is 1. The monoisotopic (exact) mass is 292 g/mol. The number of hydrogen-bond acceptors (Lipinski definition) is 6. The molecule has 0 aliphatic heterocycles. The Kier molecular flexibility index (Phi) is 3.93. The quantitative estimate of drug-likeness (QED) is 0.292. The van der Waals surface area contributed by atoms with Crippen LogP contribution in [-0.4, -0.2) is 21.0 Å². The molecule has 0 unspecified atom stereocenters. The van der Waals surface area contributed by atoms with Gasteiger partial charge in [-0.2, -0.15) is 0 Å². The lowest BCUT2D eigenvalue weighted by molar-refractivity contribution is -0.385. The Balaban J connectivity index is 2.45. The maximum atomic E-state index is 13.1. The Morgan fingerprint density at radius 3 is 2.86 bits per heavy atom. The molecule has 9 heteroatoms. The minimum atomic E-state index is -0.687. The fourth-order valence-corrected chi connectivity index (χ4v) is 1.50. The smallest absolute Gasteiger partial charge is 0.288 e. The van der Waals surface area contributed by atoms with Crippen LogP contribution in [0.25, 0.3) is 0 Å². The second kappa shape index (κ2) is 5.82. The van der Waals surface area contributed by atoms with Crippen molar-refractivity contribution in [2.75, 3.05) is 0 Å². The van der Waals surface area contributed by atoms with Crippen LogP contribution in [0.3, 0.4) is 0 Å². The van der Waals surface area contributed by atoms with Crippen LogP contribution in [0.15, 0.2) is 41.7 Å². The van der Waals surface area contributed by atoms with Crippen LogP contribution in [0.4, 0.5) is 10.1 Å². The van der Waals surface area contributed by atoms with E-state index in [0.29, 0.717) is 0 Å². The standard InChI is InChI=1S/C12H9FN4O4/c13-7-2-1-3-9(4-7)21-12-10(11(14)16-18)5-8(6-15-12)17(19)20/h1-6,18H,(H2,14,16). The van der Waals surface area contributed by atoms with Crippen molar-refractivity contribution in [2.45, 2.75) is 0 Å². The summed E-state index contributed by atoms with van der Waals surface area (Å²) in [6.45, 7) is 0. The van der Waals surface area contributed by atoms with Crippen molar-refractivity contribution >= 4 is 11.5 Å². The number of pyridine rings is 1. The van der Waals surface area contributed by atoms with Gasteiger partial charge in [-0.05, 0) is 12.1 Å². The molecule has 0 amide bonds. The summed E-state index contributed by atoms with van der Waals surface area (Å²) in [4.78, 5) is 13.8. The first-order valence-corrected chi connectivity index (χ1v) is 5.57. The van der Waals surface area contributed by atoms with E-state index in [2.05, 4.69) is 10.1 Å². The molecule has 1 aromatic carbocycles. The molecular formula is C12H9FN4O4. The van der Waals surface area contributed by atoms with E-state index in [1.807, 2.05) is 0 Å². The molecule has 21 heavy (non-hydrogen) atoms. The van der Waals surface area contributed by atoms with Gasteiger partial charge < -0.3 is 15.7 Å². The minimum Gasteiger partial charge on any atom is -0.438 e.